The average Bonchev–Trinajstić information content (AvgIpc) is 2.69. The van der Waals surface area contributed by atoms with Gasteiger partial charge in [0.05, 0.1) is 11.4 Å². The lowest BCUT2D eigenvalue weighted by atomic mass is 10.00. The van der Waals surface area contributed by atoms with Crippen LogP contribution in [0.15, 0.2) is 84.9 Å². The van der Waals surface area contributed by atoms with E-state index in [2.05, 4.69) is 0 Å². The summed E-state index contributed by atoms with van der Waals surface area (Å²) in [7, 11) is 0. The number of benzene rings is 3. The summed E-state index contributed by atoms with van der Waals surface area (Å²) in [5, 5.41) is 0.658. The van der Waals surface area contributed by atoms with Gasteiger partial charge < -0.3 is 0 Å². The van der Waals surface area contributed by atoms with Crippen molar-refractivity contribution in [3.05, 3.63) is 102 Å². The molecule has 1 nitrogen and oxygen atoms in total. The van der Waals surface area contributed by atoms with Crippen molar-refractivity contribution in [2.24, 2.45) is 0 Å². The van der Waals surface area contributed by atoms with Crippen molar-refractivity contribution < 1.29 is 8.78 Å². The molecular weight excluding hydrogens is 364 g/mol. The van der Waals surface area contributed by atoms with E-state index in [-0.39, 0.29) is 11.6 Å². The molecule has 27 heavy (non-hydrogen) atoms. The normalized spacial score (nSPS) is 10.8. The number of pyridine rings is 1. The fourth-order valence-corrected chi connectivity index (χ4v) is 3.00. The van der Waals surface area contributed by atoms with E-state index in [9.17, 15) is 8.78 Å². The quantitative estimate of drug-likeness (QED) is 0.374. The molecule has 4 aromatic rings. The topological polar surface area (TPSA) is 12.9 Å². The number of aromatic nitrogens is 1. The van der Waals surface area contributed by atoms with Crippen LogP contribution >= 0.6 is 11.6 Å². The van der Waals surface area contributed by atoms with Gasteiger partial charge in [-0.3, -0.25) is 0 Å². The summed E-state index contributed by atoms with van der Waals surface area (Å²) in [4.78, 5) is 4.71. The average molecular weight is 378 g/mol. The van der Waals surface area contributed by atoms with Crippen LogP contribution in [0.1, 0.15) is 0 Å². The summed E-state index contributed by atoms with van der Waals surface area (Å²) in [6.07, 6.45) is 0. The summed E-state index contributed by atoms with van der Waals surface area (Å²) in [5.41, 5.74) is 4.95. The number of hydrogen-bond acceptors (Lipinski definition) is 1. The molecule has 132 valence electrons. The van der Waals surface area contributed by atoms with E-state index in [0.717, 1.165) is 22.3 Å². The number of halogens is 3. The van der Waals surface area contributed by atoms with E-state index in [1.807, 2.05) is 36.4 Å². The Morgan fingerprint density at radius 2 is 0.926 bits per heavy atom. The van der Waals surface area contributed by atoms with Gasteiger partial charge >= 0.3 is 0 Å². The highest BCUT2D eigenvalue weighted by atomic mass is 35.5. The maximum absolute atomic E-state index is 13.3. The Balaban J connectivity index is 1.89. The van der Waals surface area contributed by atoms with Crippen molar-refractivity contribution >= 4 is 11.6 Å². The van der Waals surface area contributed by atoms with E-state index < -0.39 is 0 Å². The molecule has 1 aromatic heterocycles. The van der Waals surface area contributed by atoms with E-state index >= 15 is 0 Å². The molecule has 0 aliphatic heterocycles. The first-order valence-corrected chi connectivity index (χ1v) is 8.76. The van der Waals surface area contributed by atoms with Gasteiger partial charge in [0.2, 0.25) is 0 Å². The molecule has 1 heterocycles. The highest BCUT2D eigenvalue weighted by Gasteiger charge is 2.09. The highest BCUT2D eigenvalue weighted by molar-refractivity contribution is 6.30. The second kappa shape index (κ2) is 7.29. The van der Waals surface area contributed by atoms with E-state index in [1.54, 1.807) is 24.3 Å². The molecule has 0 spiro atoms. The minimum atomic E-state index is -0.300. The molecule has 0 bridgehead atoms. The molecule has 4 heteroatoms. The van der Waals surface area contributed by atoms with Crippen molar-refractivity contribution in [1.82, 2.24) is 4.98 Å². The molecule has 4 rings (SSSR count). The molecule has 0 radical (unpaired) electrons. The Morgan fingerprint density at radius 1 is 0.519 bits per heavy atom. The van der Waals surface area contributed by atoms with Crippen molar-refractivity contribution in [2.45, 2.75) is 0 Å². The van der Waals surface area contributed by atoms with Crippen molar-refractivity contribution in [3.8, 4) is 33.6 Å². The van der Waals surface area contributed by atoms with Crippen LogP contribution in [0.5, 0.6) is 0 Å². The van der Waals surface area contributed by atoms with Crippen LogP contribution in [-0.4, -0.2) is 4.98 Å². The monoisotopic (exact) mass is 377 g/mol. The third-order valence-corrected chi connectivity index (χ3v) is 4.53. The maximum Gasteiger partial charge on any atom is 0.123 e. The Hall–Kier alpha value is -3.04. The van der Waals surface area contributed by atoms with Gasteiger partial charge in [-0.1, -0.05) is 23.7 Å². The van der Waals surface area contributed by atoms with Crippen LogP contribution < -0.4 is 0 Å². The summed E-state index contributed by atoms with van der Waals surface area (Å²) in [6, 6.07) is 23.8. The molecule has 0 amide bonds. The first-order valence-electron chi connectivity index (χ1n) is 8.38. The highest BCUT2D eigenvalue weighted by Crippen LogP contribution is 2.31. The third-order valence-electron chi connectivity index (χ3n) is 4.28. The van der Waals surface area contributed by atoms with Gasteiger partial charge in [0, 0.05) is 16.1 Å². The van der Waals surface area contributed by atoms with Crippen molar-refractivity contribution in [1.29, 1.82) is 0 Å². The van der Waals surface area contributed by atoms with Gasteiger partial charge in [0.25, 0.3) is 0 Å². The van der Waals surface area contributed by atoms with Gasteiger partial charge in [0.15, 0.2) is 0 Å². The lowest BCUT2D eigenvalue weighted by Gasteiger charge is -2.10. The first kappa shape index (κ1) is 17.4. The SMILES string of the molecule is Fc1ccc(-c2cc(-c3ccc(Cl)cc3)cc(-c3ccc(F)cc3)n2)cc1. The first-order chi connectivity index (χ1) is 13.1. The maximum atomic E-state index is 13.3. The standard InChI is InChI=1S/C23H14ClF2N/c24-19-7-1-15(2-8-19)18-13-22(16-3-9-20(25)10-4-16)27-23(14-18)17-5-11-21(26)12-6-17/h1-14H. The smallest absolute Gasteiger partial charge is 0.123 e. The van der Waals surface area contributed by atoms with E-state index in [4.69, 9.17) is 16.6 Å². The minimum absolute atomic E-state index is 0.300. The summed E-state index contributed by atoms with van der Waals surface area (Å²) >= 11 is 6.00. The van der Waals surface area contributed by atoms with Crippen LogP contribution in [0.4, 0.5) is 8.78 Å². The largest absolute Gasteiger partial charge is 0.248 e. The number of rotatable bonds is 3. The zero-order valence-corrected chi connectivity index (χ0v) is 14.9. The molecule has 0 aliphatic carbocycles. The van der Waals surface area contributed by atoms with Gasteiger partial charge in [-0.2, -0.15) is 0 Å². The van der Waals surface area contributed by atoms with Crippen LogP contribution in [0.25, 0.3) is 33.6 Å². The molecule has 3 aromatic carbocycles. The van der Waals surface area contributed by atoms with E-state index in [1.165, 1.54) is 24.3 Å². The van der Waals surface area contributed by atoms with Crippen LogP contribution in [-0.2, 0) is 0 Å². The lowest BCUT2D eigenvalue weighted by molar-refractivity contribution is 0.627. The summed E-state index contributed by atoms with van der Waals surface area (Å²) in [5.74, 6) is -0.599. The molecule has 0 aliphatic rings. The molecule has 0 fully saturated rings. The second-order valence-electron chi connectivity index (χ2n) is 6.15. The van der Waals surface area contributed by atoms with Crippen LogP contribution in [0, 0.1) is 11.6 Å². The molecule has 0 saturated heterocycles. The molecule has 0 N–H and O–H groups in total. The predicted octanol–water partition coefficient (Wildman–Crippen LogP) is 7.01. The second-order valence-corrected chi connectivity index (χ2v) is 6.58. The fraction of sp³-hybridized carbons (Fsp3) is 0. The Labute approximate surface area is 160 Å². The molecule has 0 unspecified atom stereocenters. The minimum Gasteiger partial charge on any atom is -0.248 e. The van der Waals surface area contributed by atoms with Crippen LogP contribution in [0.2, 0.25) is 5.02 Å². The van der Waals surface area contributed by atoms with Gasteiger partial charge in [-0.25, -0.2) is 13.8 Å². The zero-order chi connectivity index (χ0) is 18.8. The fourth-order valence-electron chi connectivity index (χ4n) is 2.88. The Kier molecular flexibility index (Phi) is 4.69. The summed E-state index contributed by atoms with van der Waals surface area (Å²) < 4.78 is 26.6. The van der Waals surface area contributed by atoms with E-state index in [0.29, 0.717) is 16.4 Å². The predicted molar refractivity (Wildman–Crippen MR) is 105 cm³/mol. The lowest BCUT2D eigenvalue weighted by Crippen LogP contribution is -1.91. The van der Waals surface area contributed by atoms with Crippen LogP contribution in [0.3, 0.4) is 0 Å². The molecule has 0 saturated carbocycles. The van der Waals surface area contributed by atoms with Crippen molar-refractivity contribution in [2.75, 3.05) is 0 Å². The van der Waals surface area contributed by atoms with Gasteiger partial charge in [0.1, 0.15) is 11.6 Å². The molecule has 0 atom stereocenters. The van der Waals surface area contributed by atoms with Crippen molar-refractivity contribution in [3.63, 3.8) is 0 Å². The Bertz CT molecular complexity index is 919. The van der Waals surface area contributed by atoms with Gasteiger partial charge in [-0.05, 0) is 83.9 Å². The molecular formula is C23H14ClF2N. The third kappa shape index (κ3) is 3.88. The summed E-state index contributed by atoms with van der Waals surface area (Å²) in [6.45, 7) is 0. The zero-order valence-electron chi connectivity index (χ0n) is 14.2. The number of nitrogens with zero attached hydrogens (tertiary/aromatic N) is 1. The number of hydrogen-bond donors (Lipinski definition) is 0. The Morgan fingerprint density at radius 3 is 1.37 bits per heavy atom. The van der Waals surface area contributed by atoms with Gasteiger partial charge in [-0.15, -0.1) is 0 Å².